The summed E-state index contributed by atoms with van der Waals surface area (Å²) in [6.07, 6.45) is 0. The van der Waals surface area contributed by atoms with E-state index in [-0.39, 0.29) is 0 Å². The van der Waals surface area contributed by atoms with E-state index in [2.05, 4.69) is 190 Å². The number of para-hydroxylation sites is 2. The van der Waals surface area contributed by atoms with E-state index in [0.29, 0.717) is 11.8 Å². The highest BCUT2D eigenvalue weighted by Gasteiger charge is 2.17. The Kier molecular flexibility index (Phi) is 8.41. The third kappa shape index (κ3) is 6.32. The number of rotatable bonds is 8. The van der Waals surface area contributed by atoms with Crippen LogP contribution >= 0.6 is 0 Å². The van der Waals surface area contributed by atoms with E-state index < -0.39 is 0 Å². The maximum atomic E-state index is 6.05. The van der Waals surface area contributed by atoms with Crippen LogP contribution in [0.2, 0.25) is 0 Å². The van der Waals surface area contributed by atoms with Crippen LogP contribution in [0.5, 0.6) is 0 Å². The van der Waals surface area contributed by atoms with Crippen molar-refractivity contribution in [2.24, 2.45) is 0 Å². The molecule has 0 saturated heterocycles. The SMILES string of the molecule is c1ccc(-c2nnc(-c3ccc(N(c4ccccc4)c4ccc(-c5ccc6c(c5)c5ccccc5n6-c5ccc(-c6ccc7ccccc7c6)cc5)cc4)cc3)o2)cc1. The van der Waals surface area contributed by atoms with Crippen LogP contribution in [0.15, 0.2) is 223 Å². The van der Waals surface area contributed by atoms with Crippen molar-refractivity contribution in [1.29, 1.82) is 0 Å². The monoisotopic (exact) mass is 756 g/mol. The molecule has 0 saturated carbocycles. The summed E-state index contributed by atoms with van der Waals surface area (Å²) in [7, 11) is 0. The van der Waals surface area contributed by atoms with Crippen LogP contribution < -0.4 is 4.90 Å². The molecule has 0 aliphatic heterocycles. The van der Waals surface area contributed by atoms with Crippen LogP contribution in [-0.4, -0.2) is 14.8 Å². The molecule has 0 N–H and O–H groups in total. The normalized spacial score (nSPS) is 11.4. The minimum atomic E-state index is 0.487. The molecule has 278 valence electrons. The van der Waals surface area contributed by atoms with Crippen molar-refractivity contribution in [2.45, 2.75) is 0 Å². The van der Waals surface area contributed by atoms with Crippen LogP contribution in [0.25, 0.3) is 83.4 Å². The second-order valence-corrected chi connectivity index (χ2v) is 14.7. The lowest BCUT2D eigenvalue weighted by molar-refractivity contribution is 0.584. The third-order valence-electron chi connectivity index (χ3n) is 11.2. The van der Waals surface area contributed by atoms with E-state index >= 15 is 0 Å². The Bertz CT molecular complexity index is 3240. The Morgan fingerprint density at radius 2 is 0.831 bits per heavy atom. The molecule has 0 atom stereocenters. The van der Waals surface area contributed by atoms with Gasteiger partial charge in [0.2, 0.25) is 11.8 Å². The first-order chi connectivity index (χ1) is 29.2. The van der Waals surface area contributed by atoms with Gasteiger partial charge in [0.15, 0.2) is 0 Å². The summed E-state index contributed by atoms with van der Waals surface area (Å²) in [6.45, 7) is 0. The van der Waals surface area contributed by atoms with Crippen molar-refractivity contribution in [2.75, 3.05) is 4.90 Å². The average molecular weight is 757 g/mol. The highest BCUT2D eigenvalue weighted by molar-refractivity contribution is 6.10. The highest BCUT2D eigenvalue weighted by atomic mass is 16.4. The second-order valence-electron chi connectivity index (χ2n) is 14.7. The molecule has 11 rings (SSSR count). The zero-order valence-electron chi connectivity index (χ0n) is 32.0. The molecular formula is C54H36N4O. The number of hydrogen-bond acceptors (Lipinski definition) is 4. The van der Waals surface area contributed by atoms with Gasteiger partial charge in [0.25, 0.3) is 0 Å². The Morgan fingerprint density at radius 3 is 1.54 bits per heavy atom. The van der Waals surface area contributed by atoms with Gasteiger partial charge in [0, 0.05) is 44.6 Å². The fourth-order valence-electron chi connectivity index (χ4n) is 8.22. The molecule has 0 aliphatic rings. The fourth-order valence-corrected chi connectivity index (χ4v) is 8.22. The van der Waals surface area contributed by atoms with Gasteiger partial charge in [-0.3, -0.25) is 0 Å². The molecule has 0 bridgehead atoms. The van der Waals surface area contributed by atoms with E-state index in [1.807, 2.05) is 48.5 Å². The topological polar surface area (TPSA) is 47.1 Å². The largest absolute Gasteiger partial charge is 0.416 e. The molecule has 2 heterocycles. The van der Waals surface area contributed by atoms with Crippen LogP contribution in [0.1, 0.15) is 0 Å². The Morgan fingerprint density at radius 1 is 0.339 bits per heavy atom. The van der Waals surface area contributed by atoms with Crippen LogP contribution in [0, 0.1) is 0 Å². The summed E-state index contributed by atoms with van der Waals surface area (Å²) in [5.41, 5.74) is 13.2. The number of hydrogen-bond donors (Lipinski definition) is 0. The number of fused-ring (bicyclic) bond motifs is 4. The standard InChI is InChI=1S/C54H36N4O/c1-3-12-40(13-4-1)53-55-56-54(59-53)41-25-32-47(33-26-41)57(45-15-5-2-6-16-45)46-28-21-39(22-29-46)44-27-34-52-50(36-44)49-17-9-10-18-51(49)58(52)48-30-23-38(24-31-48)43-20-19-37-11-7-8-14-42(37)35-43/h1-36H. The van der Waals surface area contributed by atoms with Crippen LogP contribution in [0.3, 0.4) is 0 Å². The lowest BCUT2D eigenvalue weighted by atomic mass is 10.0. The van der Waals surface area contributed by atoms with E-state index in [4.69, 9.17) is 4.42 Å². The molecule has 9 aromatic carbocycles. The lowest BCUT2D eigenvalue weighted by Crippen LogP contribution is -2.09. The molecule has 59 heavy (non-hydrogen) atoms. The summed E-state index contributed by atoms with van der Waals surface area (Å²) in [4.78, 5) is 2.26. The molecule has 0 amide bonds. The van der Waals surface area contributed by atoms with Gasteiger partial charge in [0.05, 0.1) is 11.0 Å². The summed E-state index contributed by atoms with van der Waals surface area (Å²) < 4.78 is 8.43. The van der Waals surface area contributed by atoms with E-state index in [1.54, 1.807) is 0 Å². The third-order valence-corrected chi connectivity index (χ3v) is 11.2. The van der Waals surface area contributed by atoms with Crippen molar-refractivity contribution in [1.82, 2.24) is 14.8 Å². The van der Waals surface area contributed by atoms with Gasteiger partial charge in [-0.1, -0.05) is 121 Å². The zero-order valence-corrected chi connectivity index (χ0v) is 32.0. The van der Waals surface area contributed by atoms with Crippen LogP contribution in [-0.2, 0) is 0 Å². The lowest BCUT2D eigenvalue weighted by Gasteiger charge is -2.25. The maximum Gasteiger partial charge on any atom is 0.248 e. The smallest absolute Gasteiger partial charge is 0.248 e. The molecule has 0 aliphatic carbocycles. The summed E-state index contributed by atoms with van der Waals surface area (Å²) in [5, 5.41) is 13.6. The van der Waals surface area contributed by atoms with Crippen molar-refractivity contribution < 1.29 is 4.42 Å². The van der Waals surface area contributed by atoms with Crippen molar-refractivity contribution in [3.8, 4) is 50.8 Å². The molecule has 2 aromatic heterocycles. The minimum absolute atomic E-state index is 0.487. The molecule has 0 unspecified atom stereocenters. The van der Waals surface area contributed by atoms with Gasteiger partial charge in [-0.2, -0.15) is 0 Å². The Hall–Kier alpha value is -8.02. The summed E-state index contributed by atoms with van der Waals surface area (Å²) in [6, 6.07) is 77.1. The number of aromatic nitrogens is 3. The van der Waals surface area contributed by atoms with Gasteiger partial charge in [-0.15, -0.1) is 10.2 Å². The average Bonchev–Trinajstić information content (AvgIpc) is 3.94. The Labute approximate surface area is 341 Å². The molecule has 0 radical (unpaired) electrons. The molecule has 5 heteroatoms. The molecular weight excluding hydrogens is 721 g/mol. The van der Waals surface area contributed by atoms with Gasteiger partial charge in [-0.25, -0.2) is 0 Å². The van der Waals surface area contributed by atoms with Gasteiger partial charge < -0.3 is 13.9 Å². The van der Waals surface area contributed by atoms with Crippen molar-refractivity contribution in [3.05, 3.63) is 218 Å². The number of anilines is 3. The number of nitrogens with zero attached hydrogens (tertiary/aromatic N) is 4. The van der Waals surface area contributed by atoms with Crippen LogP contribution in [0.4, 0.5) is 17.1 Å². The second kappa shape index (κ2) is 14.5. The van der Waals surface area contributed by atoms with Crippen molar-refractivity contribution in [3.63, 3.8) is 0 Å². The highest BCUT2D eigenvalue weighted by Crippen LogP contribution is 2.39. The first kappa shape index (κ1) is 34.2. The van der Waals surface area contributed by atoms with Gasteiger partial charge in [0.1, 0.15) is 0 Å². The Balaban J connectivity index is 0.905. The molecule has 0 fully saturated rings. The van der Waals surface area contributed by atoms with E-state index in [0.717, 1.165) is 39.4 Å². The van der Waals surface area contributed by atoms with E-state index in [1.165, 1.54) is 49.3 Å². The van der Waals surface area contributed by atoms with Crippen molar-refractivity contribution >= 4 is 49.6 Å². The number of benzene rings is 9. The summed E-state index contributed by atoms with van der Waals surface area (Å²) >= 11 is 0. The van der Waals surface area contributed by atoms with Gasteiger partial charge >= 0.3 is 0 Å². The molecule has 0 spiro atoms. The molecule has 11 aromatic rings. The fraction of sp³-hybridized carbons (Fsp3) is 0. The summed E-state index contributed by atoms with van der Waals surface area (Å²) in [5.74, 6) is 0.990. The predicted octanol–water partition coefficient (Wildman–Crippen LogP) is 14.5. The van der Waals surface area contributed by atoms with Gasteiger partial charge in [-0.05, 0) is 130 Å². The predicted molar refractivity (Wildman–Crippen MR) is 243 cm³/mol. The molecule has 5 nitrogen and oxygen atoms in total. The zero-order chi connectivity index (χ0) is 39.1. The first-order valence-corrected chi connectivity index (χ1v) is 19.8. The first-order valence-electron chi connectivity index (χ1n) is 19.8. The minimum Gasteiger partial charge on any atom is -0.416 e. The quantitative estimate of drug-likeness (QED) is 0.155. The maximum absolute atomic E-state index is 6.05. The van der Waals surface area contributed by atoms with E-state index in [9.17, 15) is 0 Å².